The third kappa shape index (κ3) is 4.62. The van der Waals surface area contributed by atoms with Crippen LogP contribution < -0.4 is 10.0 Å². The molecule has 1 fully saturated rings. The lowest BCUT2D eigenvalue weighted by atomic mass is 9.96. The van der Waals surface area contributed by atoms with Crippen LogP contribution in [0.25, 0.3) is 0 Å². The molecule has 33 heavy (non-hydrogen) atoms. The predicted octanol–water partition coefficient (Wildman–Crippen LogP) is -0.0527. The van der Waals surface area contributed by atoms with Crippen molar-refractivity contribution in [3.63, 3.8) is 0 Å². The third-order valence-corrected chi connectivity index (χ3v) is 6.85. The number of para-hydroxylation sites is 2. The van der Waals surface area contributed by atoms with Gasteiger partial charge >= 0.3 is 0 Å². The van der Waals surface area contributed by atoms with Crippen molar-refractivity contribution < 1.29 is 34.4 Å². The van der Waals surface area contributed by atoms with Gasteiger partial charge in [0, 0.05) is 24.3 Å². The van der Waals surface area contributed by atoms with Crippen molar-refractivity contribution >= 4 is 17.3 Å². The Morgan fingerprint density at radius 3 is 2.06 bits per heavy atom. The van der Waals surface area contributed by atoms with Crippen LogP contribution in [0.5, 0.6) is 0 Å². The number of ether oxygens (including phenoxy) is 1. The van der Waals surface area contributed by atoms with Gasteiger partial charge in [0.05, 0.1) is 26.6 Å². The highest BCUT2D eigenvalue weighted by atomic mass is 16.6. The van der Waals surface area contributed by atoms with E-state index in [1.165, 1.54) is 22.5 Å². The van der Waals surface area contributed by atoms with Crippen LogP contribution in [0.4, 0.5) is 11.4 Å². The zero-order chi connectivity index (χ0) is 23.8. The number of aliphatic carboxylic acids is 1. The van der Waals surface area contributed by atoms with Gasteiger partial charge in [-0.1, -0.05) is 36.4 Å². The van der Waals surface area contributed by atoms with E-state index in [1.54, 1.807) is 0 Å². The van der Waals surface area contributed by atoms with E-state index >= 15 is 0 Å². The number of nitrogens with zero attached hydrogens (tertiary/aromatic N) is 2. The monoisotopic (exact) mass is 456 g/mol. The van der Waals surface area contributed by atoms with Crippen LogP contribution in [0, 0.1) is 0 Å². The molecule has 3 unspecified atom stereocenters. The molecule has 2 aromatic rings. The summed E-state index contributed by atoms with van der Waals surface area (Å²) in [7, 11) is 3.63. The second-order valence-electron chi connectivity index (χ2n) is 9.50. The smallest absolute Gasteiger partial charge is 0.222 e. The Balaban J connectivity index is 1.51. The molecule has 0 spiro atoms. The van der Waals surface area contributed by atoms with Crippen LogP contribution in [0.2, 0.25) is 0 Å². The molecule has 0 radical (unpaired) electrons. The van der Waals surface area contributed by atoms with Crippen molar-refractivity contribution in [3.05, 3.63) is 59.7 Å². The van der Waals surface area contributed by atoms with Crippen LogP contribution in [0.1, 0.15) is 17.5 Å². The number of carbonyl (C=O) groups excluding carboxylic acids is 1. The number of aliphatic hydroxyl groups is 3. The highest BCUT2D eigenvalue weighted by Crippen LogP contribution is 2.36. The molecule has 3 N–H and O–H groups in total. The molecule has 0 bridgehead atoms. The predicted molar refractivity (Wildman–Crippen MR) is 121 cm³/mol. The molecule has 0 aromatic heterocycles. The normalized spacial score (nSPS) is 27.4. The summed E-state index contributed by atoms with van der Waals surface area (Å²) in [5, 5.41) is 42.0. The summed E-state index contributed by atoms with van der Waals surface area (Å²) in [6.45, 7) is 1.26. The first-order chi connectivity index (χ1) is 15.7. The van der Waals surface area contributed by atoms with Gasteiger partial charge in [0.1, 0.15) is 18.3 Å². The standard InChI is InChI=1S/C25H32N2O6/c1-27(2,24-22(30)20(28)21(29)23(33-24)25(31)32)15-7-14-26-18-10-5-3-8-16(18)12-13-17-9-4-6-11-19(17)26/h3-6,8-11,20-24,28-30H,7,12-15H2,1-2H3/t20?,21-,22?,23?,24+/m0/s1. The Morgan fingerprint density at radius 1 is 0.970 bits per heavy atom. The molecule has 2 aliphatic rings. The van der Waals surface area contributed by atoms with E-state index in [-0.39, 0.29) is 4.48 Å². The van der Waals surface area contributed by atoms with Gasteiger partial charge in [0.25, 0.3) is 0 Å². The van der Waals surface area contributed by atoms with E-state index in [2.05, 4.69) is 41.3 Å². The number of likely N-dealkylation sites (N-methyl/N-ethyl adjacent to an activating group) is 1. The molecular weight excluding hydrogens is 424 g/mol. The highest BCUT2D eigenvalue weighted by Gasteiger charge is 2.50. The fourth-order valence-corrected chi connectivity index (χ4v) is 5.01. The average Bonchev–Trinajstić information content (AvgIpc) is 2.94. The van der Waals surface area contributed by atoms with Gasteiger partial charge in [-0.15, -0.1) is 0 Å². The van der Waals surface area contributed by atoms with Crippen molar-refractivity contribution in [1.29, 1.82) is 0 Å². The lowest BCUT2D eigenvalue weighted by Crippen LogP contribution is -2.69. The number of anilines is 2. The topological polar surface area (TPSA) is 113 Å². The van der Waals surface area contributed by atoms with Gasteiger partial charge in [-0.25, -0.2) is 0 Å². The zero-order valence-corrected chi connectivity index (χ0v) is 19.0. The molecule has 4 rings (SSSR count). The maximum absolute atomic E-state index is 11.4. The molecule has 0 aliphatic carbocycles. The van der Waals surface area contributed by atoms with Crippen molar-refractivity contribution in [2.75, 3.05) is 32.1 Å². The summed E-state index contributed by atoms with van der Waals surface area (Å²) in [5.74, 6) is -1.61. The molecule has 5 atom stereocenters. The van der Waals surface area contributed by atoms with Crippen LogP contribution >= 0.6 is 0 Å². The number of quaternary nitrogens is 1. The minimum absolute atomic E-state index is 0.117. The summed E-state index contributed by atoms with van der Waals surface area (Å²) >= 11 is 0. The number of benzene rings is 2. The van der Waals surface area contributed by atoms with Crippen molar-refractivity contribution in [2.24, 2.45) is 0 Å². The van der Waals surface area contributed by atoms with E-state index in [1.807, 2.05) is 26.2 Å². The summed E-state index contributed by atoms with van der Waals surface area (Å²) in [4.78, 5) is 13.7. The minimum atomic E-state index is -1.74. The van der Waals surface area contributed by atoms with Gasteiger partial charge < -0.3 is 39.3 Å². The van der Waals surface area contributed by atoms with E-state index in [0.717, 1.165) is 19.3 Å². The first kappa shape index (κ1) is 23.7. The summed E-state index contributed by atoms with van der Waals surface area (Å²) in [5.41, 5.74) is 4.94. The molecule has 8 nitrogen and oxygen atoms in total. The lowest BCUT2D eigenvalue weighted by Gasteiger charge is -2.47. The van der Waals surface area contributed by atoms with Gasteiger partial charge in [0.15, 0.2) is 6.10 Å². The number of fused-ring (bicyclic) bond motifs is 2. The van der Waals surface area contributed by atoms with Crippen molar-refractivity contribution in [3.8, 4) is 0 Å². The van der Waals surface area contributed by atoms with Gasteiger partial charge in [-0.05, 0) is 36.1 Å². The quantitative estimate of drug-likeness (QED) is 0.522. The fraction of sp³-hybridized carbons (Fsp3) is 0.480. The zero-order valence-electron chi connectivity index (χ0n) is 19.0. The maximum Gasteiger partial charge on any atom is 0.222 e. The lowest BCUT2D eigenvalue weighted by molar-refractivity contribution is -0.944. The number of hydrogen-bond acceptors (Lipinski definition) is 7. The minimum Gasteiger partial charge on any atom is -0.547 e. The molecule has 0 amide bonds. The van der Waals surface area contributed by atoms with E-state index in [9.17, 15) is 25.2 Å². The molecule has 1 saturated heterocycles. The Labute approximate surface area is 193 Å². The van der Waals surface area contributed by atoms with E-state index in [4.69, 9.17) is 4.74 Å². The number of carboxylic acid groups (broad SMARTS) is 1. The Bertz CT molecular complexity index is 949. The Kier molecular flexibility index (Phi) is 6.74. The van der Waals surface area contributed by atoms with Crippen molar-refractivity contribution in [2.45, 2.75) is 49.9 Å². The van der Waals surface area contributed by atoms with Gasteiger partial charge in [0.2, 0.25) is 6.23 Å². The summed E-state index contributed by atoms with van der Waals surface area (Å²) in [6.07, 6.45) is -4.86. The van der Waals surface area contributed by atoms with E-state index < -0.39 is 36.6 Å². The number of hydrogen-bond donors (Lipinski definition) is 3. The number of carboxylic acids is 1. The van der Waals surface area contributed by atoms with Crippen LogP contribution in [-0.4, -0.2) is 83.6 Å². The van der Waals surface area contributed by atoms with Gasteiger partial charge in [-0.3, -0.25) is 0 Å². The SMILES string of the molecule is C[N+](C)(CCCN1c2ccccc2CCc2ccccc21)[C@@H]1OC(C(=O)[O-])[C@@H](O)C(O)C1O. The largest absolute Gasteiger partial charge is 0.547 e. The Morgan fingerprint density at radius 2 is 1.52 bits per heavy atom. The van der Waals surface area contributed by atoms with E-state index in [0.29, 0.717) is 13.1 Å². The Hall–Kier alpha value is -2.49. The molecule has 2 heterocycles. The first-order valence-electron chi connectivity index (χ1n) is 11.4. The third-order valence-electron chi connectivity index (χ3n) is 6.85. The number of rotatable bonds is 6. The highest BCUT2D eigenvalue weighted by molar-refractivity contribution is 5.71. The number of aliphatic hydroxyl groups excluding tert-OH is 3. The second kappa shape index (κ2) is 9.40. The summed E-state index contributed by atoms with van der Waals surface area (Å²) < 4.78 is 5.64. The fourth-order valence-electron chi connectivity index (χ4n) is 5.01. The second-order valence-corrected chi connectivity index (χ2v) is 9.50. The van der Waals surface area contributed by atoms with Gasteiger partial charge in [-0.2, -0.15) is 0 Å². The molecule has 178 valence electrons. The van der Waals surface area contributed by atoms with Crippen LogP contribution in [0.3, 0.4) is 0 Å². The number of aryl methyl sites for hydroxylation is 2. The molecule has 8 heteroatoms. The van der Waals surface area contributed by atoms with Crippen molar-refractivity contribution in [1.82, 2.24) is 0 Å². The maximum atomic E-state index is 11.4. The molecular formula is C25H32N2O6. The number of carbonyl (C=O) groups is 1. The van der Waals surface area contributed by atoms with Crippen LogP contribution in [0.15, 0.2) is 48.5 Å². The molecule has 2 aliphatic heterocycles. The summed E-state index contributed by atoms with van der Waals surface area (Å²) in [6, 6.07) is 16.8. The molecule has 0 saturated carbocycles. The molecule has 2 aromatic carbocycles. The van der Waals surface area contributed by atoms with Crippen LogP contribution in [-0.2, 0) is 22.4 Å². The average molecular weight is 457 g/mol. The first-order valence-corrected chi connectivity index (χ1v) is 11.4.